The number of hydrogen-bond donors (Lipinski definition) is 2. The van der Waals surface area contributed by atoms with Gasteiger partial charge in [0.15, 0.2) is 27.2 Å². The van der Waals surface area contributed by atoms with Gasteiger partial charge in [0.25, 0.3) is 5.91 Å². The first kappa shape index (κ1) is 43.8. The molecule has 1 aliphatic carbocycles. The fourth-order valence-electron chi connectivity index (χ4n) is 7.31. The minimum atomic E-state index is -5.06. The molecule has 2 N–H and O–H groups in total. The Morgan fingerprint density at radius 3 is 2.36 bits per heavy atom. The predicted octanol–water partition coefficient (Wildman–Crippen LogP) is 9.87. The highest BCUT2D eigenvalue weighted by Gasteiger charge is 2.38. The lowest BCUT2D eigenvalue weighted by molar-refractivity contribution is -0.143. The summed E-state index contributed by atoms with van der Waals surface area (Å²) in [6.45, 7) is 1.10. The largest absolute Gasteiger partial charge is 0.493 e. The monoisotopic (exact) mass is 918 g/mol. The van der Waals surface area contributed by atoms with E-state index in [4.69, 9.17) is 26.1 Å². The average Bonchev–Trinajstić information content (AvgIpc) is 3.63. The number of benzene rings is 5. The number of ether oxygens (including phenoxy) is 2. The molecule has 1 saturated heterocycles. The number of carboxylic acid groups (broad SMARTS) is 1. The third-order valence-electron chi connectivity index (χ3n) is 10.4. The number of rotatable bonds is 8. The van der Waals surface area contributed by atoms with Gasteiger partial charge in [0, 0.05) is 60.0 Å². The summed E-state index contributed by atoms with van der Waals surface area (Å²) in [5.41, 5.74) is -0.600. The number of thioether (sulfide) groups is 1. The van der Waals surface area contributed by atoms with Gasteiger partial charge in [0.05, 0.1) is 28.7 Å². The van der Waals surface area contributed by atoms with Gasteiger partial charge in [-0.2, -0.15) is 31.3 Å². The number of hydrogen-bond acceptors (Lipinski definition) is 9. The topological polar surface area (TPSA) is 134 Å². The van der Waals surface area contributed by atoms with Crippen LogP contribution in [0.5, 0.6) is 11.5 Å². The van der Waals surface area contributed by atoms with Crippen molar-refractivity contribution in [3.8, 4) is 33.9 Å². The standard InChI is InChI=1S/C45H32F6N4O7S2/c1-60-37-18-24(6-13-35(37)61-23-25-7-8-26(44(46,47)48)20-33(25)45(49,50)51)19-38-40(57)53-43(64-38)55-16-14-54(15-17-55)42(63)52-27-9-11-29(32(21-27)41(58)59)39-30-4-2-3-5-34(30)62-36-22-28(56)10-12-31(36)39/h2-13,18-22H,14-17,23H2,1H3,(H,52,63)(H,58,59)/b38-19+. The molecule has 3 aliphatic heterocycles. The van der Waals surface area contributed by atoms with Gasteiger partial charge in [-0.25, -0.2) is 4.79 Å². The zero-order valence-corrected chi connectivity index (χ0v) is 34.8. The first-order valence-electron chi connectivity index (χ1n) is 19.2. The Balaban J connectivity index is 0.903. The summed E-state index contributed by atoms with van der Waals surface area (Å²) in [7, 11) is 1.30. The molecule has 3 heterocycles. The molecule has 0 saturated carbocycles. The summed E-state index contributed by atoms with van der Waals surface area (Å²) in [6, 6.07) is 22.3. The number of carbonyl (C=O) groups excluding carboxylic acids is 1. The summed E-state index contributed by atoms with van der Waals surface area (Å²) in [5, 5.41) is 15.0. The number of methoxy groups -OCH3 is 1. The van der Waals surface area contributed by atoms with E-state index in [1.165, 1.54) is 37.4 Å². The number of para-hydroxylation sites is 1. The Morgan fingerprint density at radius 1 is 0.891 bits per heavy atom. The van der Waals surface area contributed by atoms with E-state index in [1.807, 2.05) is 21.9 Å². The molecule has 0 radical (unpaired) electrons. The normalized spacial score (nSPS) is 15.2. The average molecular weight is 919 g/mol. The fourth-order valence-corrected chi connectivity index (χ4v) is 8.57. The van der Waals surface area contributed by atoms with Crippen molar-refractivity contribution in [3.05, 3.63) is 140 Å². The van der Waals surface area contributed by atoms with Crippen molar-refractivity contribution in [1.82, 2.24) is 9.80 Å². The summed E-state index contributed by atoms with van der Waals surface area (Å²) >= 11 is 6.88. The molecule has 1 fully saturated rings. The number of fused-ring (bicyclic) bond motifs is 2. The number of carboxylic acids is 1. The first-order chi connectivity index (χ1) is 30.5. The van der Waals surface area contributed by atoms with Gasteiger partial charge >= 0.3 is 18.3 Å². The number of halogens is 6. The van der Waals surface area contributed by atoms with Gasteiger partial charge in [-0.15, -0.1) is 0 Å². The molecule has 8 rings (SSSR count). The van der Waals surface area contributed by atoms with Gasteiger partial charge in [-0.1, -0.05) is 36.4 Å². The number of piperazine rings is 1. The molecule has 4 aromatic carbocycles. The van der Waals surface area contributed by atoms with Crippen LogP contribution in [0.2, 0.25) is 0 Å². The van der Waals surface area contributed by atoms with Crippen molar-refractivity contribution in [2.45, 2.75) is 19.0 Å². The first-order valence-corrected chi connectivity index (χ1v) is 20.4. The number of amides is 1. The molecule has 0 spiro atoms. The highest BCUT2D eigenvalue weighted by atomic mass is 32.2. The van der Waals surface area contributed by atoms with E-state index < -0.39 is 47.5 Å². The lowest BCUT2D eigenvalue weighted by Crippen LogP contribution is -2.50. The molecule has 11 nitrogen and oxygen atoms in total. The zero-order chi connectivity index (χ0) is 45.5. The van der Waals surface area contributed by atoms with Crippen LogP contribution in [0.3, 0.4) is 0 Å². The van der Waals surface area contributed by atoms with Crippen LogP contribution in [0.25, 0.3) is 39.5 Å². The molecule has 19 heteroatoms. The third kappa shape index (κ3) is 9.12. The predicted molar refractivity (Wildman–Crippen MR) is 233 cm³/mol. The Kier molecular flexibility index (Phi) is 11.9. The van der Waals surface area contributed by atoms with Crippen molar-refractivity contribution < 1.29 is 54.9 Å². The van der Waals surface area contributed by atoms with Crippen LogP contribution in [0.1, 0.15) is 32.6 Å². The second-order valence-electron chi connectivity index (χ2n) is 14.5. The van der Waals surface area contributed by atoms with E-state index in [2.05, 4.69) is 10.3 Å². The number of aliphatic imine (C=N–C) groups is 1. The molecule has 328 valence electrons. The maximum absolute atomic E-state index is 13.7. The Morgan fingerprint density at radius 2 is 1.64 bits per heavy atom. The van der Waals surface area contributed by atoms with Crippen LogP contribution in [0.4, 0.5) is 32.0 Å². The van der Waals surface area contributed by atoms with Crippen molar-refractivity contribution in [3.63, 3.8) is 0 Å². The summed E-state index contributed by atoms with van der Waals surface area (Å²) in [6.07, 6.45) is -8.45. The van der Waals surface area contributed by atoms with E-state index >= 15 is 0 Å². The fraction of sp³-hybridized carbons (Fsp3) is 0.178. The number of carbonyl (C=O) groups is 2. The Labute approximate surface area is 368 Å². The van der Waals surface area contributed by atoms with E-state index in [0.29, 0.717) is 92.1 Å². The van der Waals surface area contributed by atoms with E-state index in [1.54, 1.807) is 42.5 Å². The third-order valence-corrected chi connectivity index (χ3v) is 11.8. The number of nitrogens with one attached hydrogen (secondary N) is 1. The number of aromatic carboxylic acids is 1. The van der Waals surface area contributed by atoms with Crippen molar-refractivity contribution in [2.24, 2.45) is 4.99 Å². The summed E-state index contributed by atoms with van der Waals surface area (Å²) < 4.78 is 97.3. The second kappa shape index (κ2) is 17.4. The molecule has 0 unspecified atom stereocenters. The van der Waals surface area contributed by atoms with Gasteiger partial charge < -0.3 is 34.1 Å². The Hall–Kier alpha value is -6.86. The van der Waals surface area contributed by atoms with Crippen LogP contribution in [-0.2, 0) is 23.8 Å². The van der Waals surface area contributed by atoms with E-state index in [9.17, 15) is 45.8 Å². The number of anilines is 1. The van der Waals surface area contributed by atoms with Crippen molar-refractivity contribution in [1.29, 1.82) is 0 Å². The van der Waals surface area contributed by atoms with Crippen LogP contribution in [-0.4, -0.2) is 70.4 Å². The van der Waals surface area contributed by atoms with Crippen LogP contribution in [0.15, 0.2) is 116 Å². The minimum absolute atomic E-state index is 0.00799. The molecular formula is C45H32F6N4O7S2. The van der Waals surface area contributed by atoms with E-state index in [0.717, 1.165) is 17.8 Å². The van der Waals surface area contributed by atoms with Gasteiger partial charge in [0.1, 0.15) is 18.0 Å². The van der Waals surface area contributed by atoms with Gasteiger partial charge in [-0.3, -0.25) is 9.59 Å². The molecule has 1 amide bonds. The molecule has 0 atom stereocenters. The smallest absolute Gasteiger partial charge is 0.416 e. The number of alkyl halides is 6. The molecule has 0 aromatic heterocycles. The summed E-state index contributed by atoms with van der Waals surface area (Å²) in [5.74, 6) is -1.19. The molecule has 64 heavy (non-hydrogen) atoms. The quantitative estimate of drug-likeness (QED) is 0.0652. The number of thiocarbonyl (C=S) groups is 1. The maximum atomic E-state index is 13.7. The molecule has 4 aliphatic rings. The summed E-state index contributed by atoms with van der Waals surface area (Å²) in [4.78, 5) is 46.2. The minimum Gasteiger partial charge on any atom is -0.493 e. The molecular weight excluding hydrogens is 887 g/mol. The van der Waals surface area contributed by atoms with Crippen LogP contribution in [0, 0.1) is 0 Å². The van der Waals surface area contributed by atoms with Crippen molar-refractivity contribution in [2.75, 3.05) is 38.6 Å². The lowest BCUT2D eigenvalue weighted by Gasteiger charge is -2.36. The highest BCUT2D eigenvalue weighted by Crippen LogP contribution is 2.42. The maximum Gasteiger partial charge on any atom is 0.416 e. The van der Waals surface area contributed by atoms with Crippen LogP contribution >= 0.6 is 24.0 Å². The van der Waals surface area contributed by atoms with Gasteiger partial charge in [-0.05, 0) is 95.8 Å². The van der Waals surface area contributed by atoms with Gasteiger partial charge in [0.2, 0.25) is 0 Å². The van der Waals surface area contributed by atoms with E-state index in [-0.39, 0.29) is 28.6 Å². The number of amidine groups is 1. The number of nitrogens with zero attached hydrogens (tertiary/aromatic N) is 3. The lowest BCUT2D eigenvalue weighted by atomic mass is 9.90. The van der Waals surface area contributed by atoms with Crippen molar-refractivity contribution >= 4 is 68.9 Å². The Bertz CT molecular complexity index is 2940. The SMILES string of the molecule is COc1cc(/C=C2/SC(N3CCN(C(=S)Nc4ccc(-c5c6ccc(=O)cc-6oc6ccccc56)c(C(=O)O)c4)CC3)=NC2=O)ccc1OCc1ccc(C(F)(F)F)cc1C(F)(F)F. The highest BCUT2D eigenvalue weighted by molar-refractivity contribution is 8.18. The molecule has 4 aromatic rings. The second-order valence-corrected chi connectivity index (χ2v) is 15.9. The zero-order valence-electron chi connectivity index (χ0n) is 33.2. The molecule has 0 bridgehead atoms. The van der Waals surface area contributed by atoms with Crippen LogP contribution < -0.4 is 20.2 Å².